The van der Waals surface area contributed by atoms with Gasteiger partial charge in [-0.15, -0.1) is 0 Å². The molecule has 2 aromatic carbocycles. The van der Waals surface area contributed by atoms with Crippen LogP contribution in [0.5, 0.6) is 5.75 Å². The first-order valence-corrected chi connectivity index (χ1v) is 11.5. The molecule has 7 nitrogen and oxygen atoms in total. The molecule has 0 spiro atoms. The van der Waals surface area contributed by atoms with Crippen LogP contribution < -0.4 is 15.4 Å². The van der Waals surface area contributed by atoms with Gasteiger partial charge in [-0.3, -0.25) is 0 Å². The number of benzene rings is 2. The lowest BCUT2D eigenvalue weighted by atomic mass is 10.1. The van der Waals surface area contributed by atoms with Crippen molar-refractivity contribution >= 4 is 5.95 Å². The molecule has 2 fully saturated rings. The van der Waals surface area contributed by atoms with E-state index in [4.69, 9.17) is 19.2 Å². The minimum absolute atomic E-state index is 0.00938. The van der Waals surface area contributed by atoms with E-state index in [-0.39, 0.29) is 24.3 Å². The van der Waals surface area contributed by atoms with E-state index in [1.54, 1.807) is 13.3 Å². The van der Waals surface area contributed by atoms with E-state index in [1.807, 2.05) is 30.3 Å². The molecule has 2 aliphatic rings. The summed E-state index contributed by atoms with van der Waals surface area (Å²) in [6.45, 7) is 2.18. The lowest BCUT2D eigenvalue weighted by molar-refractivity contribution is 0.0676. The summed E-state index contributed by atoms with van der Waals surface area (Å²) in [6, 6.07) is 20.6. The smallest absolute Gasteiger partial charge is 0.223 e. The average Bonchev–Trinajstić information content (AvgIpc) is 3.46. The second-order valence-corrected chi connectivity index (χ2v) is 8.49. The Bertz CT molecular complexity index is 1030. The fraction of sp³-hybridized carbons (Fsp3) is 0.385. The van der Waals surface area contributed by atoms with Crippen LogP contribution in [0.4, 0.5) is 5.95 Å². The van der Waals surface area contributed by atoms with Crippen molar-refractivity contribution in [2.24, 2.45) is 0 Å². The Morgan fingerprint density at radius 1 is 0.939 bits per heavy atom. The molecule has 7 heteroatoms. The zero-order valence-electron chi connectivity index (χ0n) is 18.8. The van der Waals surface area contributed by atoms with Gasteiger partial charge in [-0.25, -0.2) is 9.97 Å². The van der Waals surface area contributed by atoms with Crippen molar-refractivity contribution in [3.05, 3.63) is 72.4 Å². The minimum atomic E-state index is -0.00938. The zero-order valence-corrected chi connectivity index (χ0v) is 18.8. The zero-order chi connectivity index (χ0) is 22.5. The number of ether oxygens (including phenoxy) is 3. The summed E-state index contributed by atoms with van der Waals surface area (Å²) in [4.78, 5) is 9.11. The van der Waals surface area contributed by atoms with Crippen LogP contribution in [0.25, 0.3) is 11.3 Å². The van der Waals surface area contributed by atoms with Crippen molar-refractivity contribution in [2.45, 2.75) is 37.1 Å². The highest BCUT2D eigenvalue weighted by molar-refractivity contribution is 5.61. The van der Waals surface area contributed by atoms with Gasteiger partial charge in [0.15, 0.2) is 0 Å². The Kier molecular flexibility index (Phi) is 6.81. The summed E-state index contributed by atoms with van der Waals surface area (Å²) in [6.07, 6.45) is 3.97. The summed E-state index contributed by atoms with van der Waals surface area (Å²) in [7, 11) is 1.66. The highest BCUT2D eigenvalue weighted by atomic mass is 16.6. The van der Waals surface area contributed by atoms with Crippen LogP contribution >= 0.6 is 0 Å². The molecule has 3 heterocycles. The summed E-state index contributed by atoms with van der Waals surface area (Å²) in [5.74, 6) is 1.40. The number of hydrogen-bond acceptors (Lipinski definition) is 7. The van der Waals surface area contributed by atoms with E-state index >= 15 is 0 Å². The molecular weight excluding hydrogens is 416 g/mol. The lowest BCUT2D eigenvalue weighted by Gasteiger charge is -2.18. The molecule has 172 valence electrons. The van der Waals surface area contributed by atoms with Crippen molar-refractivity contribution in [3.63, 3.8) is 0 Å². The molecule has 2 saturated heterocycles. The first-order valence-electron chi connectivity index (χ1n) is 11.5. The van der Waals surface area contributed by atoms with Gasteiger partial charge in [0.2, 0.25) is 5.95 Å². The molecule has 5 rings (SSSR count). The maximum absolute atomic E-state index is 6.11. The number of rotatable bonds is 9. The van der Waals surface area contributed by atoms with Crippen molar-refractivity contribution in [1.82, 2.24) is 15.3 Å². The molecule has 0 aliphatic carbocycles. The number of aryl methyl sites for hydroxylation is 1. The quantitative estimate of drug-likeness (QED) is 0.488. The van der Waals surface area contributed by atoms with Crippen molar-refractivity contribution < 1.29 is 14.2 Å². The standard InChI is InChI=1S/C26H30N4O3/c1-31-20-11-9-19(10-12-20)21-13-15-28-26(29-21)30-23-17-33-24-22(16-32-25(23)24)27-14-5-8-18-6-3-2-4-7-18/h2-4,6-7,9-13,15,22-25,27H,5,8,14,16-17H2,1H3,(H,28,29,30)/t22-,23-,24+,25+/m0/s1. The second kappa shape index (κ2) is 10.3. The largest absolute Gasteiger partial charge is 0.497 e. The Labute approximate surface area is 194 Å². The molecule has 0 saturated carbocycles. The molecule has 0 amide bonds. The Morgan fingerprint density at radius 3 is 2.48 bits per heavy atom. The third-order valence-electron chi connectivity index (χ3n) is 6.30. The molecule has 2 N–H and O–H groups in total. The maximum atomic E-state index is 6.11. The van der Waals surface area contributed by atoms with Crippen LogP contribution in [0, 0.1) is 0 Å². The van der Waals surface area contributed by atoms with Crippen LogP contribution in [-0.2, 0) is 15.9 Å². The number of nitrogens with one attached hydrogen (secondary N) is 2. The molecule has 0 unspecified atom stereocenters. The maximum Gasteiger partial charge on any atom is 0.223 e. The van der Waals surface area contributed by atoms with Gasteiger partial charge in [0.25, 0.3) is 0 Å². The summed E-state index contributed by atoms with van der Waals surface area (Å²) in [5, 5.41) is 7.06. The topological polar surface area (TPSA) is 77.5 Å². The number of hydrogen-bond donors (Lipinski definition) is 2. The molecule has 0 radical (unpaired) electrons. The van der Waals surface area contributed by atoms with Crippen molar-refractivity contribution in [2.75, 3.05) is 32.2 Å². The fourth-order valence-corrected chi connectivity index (χ4v) is 4.54. The van der Waals surface area contributed by atoms with E-state index in [0.29, 0.717) is 19.2 Å². The summed E-state index contributed by atoms with van der Waals surface area (Å²) in [5.41, 5.74) is 3.24. The van der Waals surface area contributed by atoms with Crippen molar-refractivity contribution in [1.29, 1.82) is 0 Å². The summed E-state index contributed by atoms with van der Waals surface area (Å²) >= 11 is 0. The molecule has 1 aromatic heterocycles. The van der Waals surface area contributed by atoms with Crippen molar-refractivity contribution in [3.8, 4) is 17.0 Å². The fourth-order valence-electron chi connectivity index (χ4n) is 4.54. The number of aromatic nitrogens is 2. The van der Waals surface area contributed by atoms with Gasteiger partial charge < -0.3 is 24.8 Å². The van der Waals surface area contributed by atoms with Crippen LogP contribution in [0.2, 0.25) is 0 Å². The molecule has 4 atom stereocenters. The number of anilines is 1. The van der Waals surface area contributed by atoms with E-state index in [2.05, 4.69) is 45.9 Å². The van der Waals surface area contributed by atoms with Crippen LogP contribution in [0.3, 0.4) is 0 Å². The Morgan fingerprint density at radius 2 is 1.70 bits per heavy atom. The van der Waals surface area contributed by atoms with Gasteiger partial charge in [-0.1, -0.05) is 30.3 Å². The molecule has 2 aliphatic heterocycles. The third-order valence-corrected chi connectivity index (χ3v) is 6.30. The SMILES string of the molecule is COc1ccc(-c2ccnc(N[C@H]3CO[C@H]4[C@@H]3OC[C@@H]4NCCCc3ccccc3)n2)cc1. The number of fused-ring (bicyclic) bond motifs is 1. The normalized spacial score (nSPS) is 23.9. The second-order valence-electron chi connectivity index (χ2n) is 8.49. The molecule has 33 heavy (non-hydrogen) atoms. The van der Waals surface area contributed by atoms with E-state index in [1.165, 1.54) is 5.56 Å². The summed E-state index contributed by atoms with van der Waals surface area (Å²) < 4.78 is 17.5. The first kappa shape index (κ1) is 21.8. The van der Waals surface area contributed by atoms with Gasteiger partial charge in [0.05, 0.1) is 38.1 Å². The predicted octanol–water partition coefficient (Wildman–Crippen LogP) is 3.32. The monoisotopic (exact) mass is 446 g/mol. The number of methoxy groups -OCH3 is 1. The van der Waals surface area contributed by atoms with Crippen LogP contribution in [0.15, 0.2) is 66.9 Å². The van der Waals surface area contributed by atoms with E-state index < -0.39 is 0 Å². The number of nitrogens with zero attached hydrogens (tertiary/aromatic N) is 2. The van der Waals surface area contributed by atoms with Gasteiger partial charge in [0, 0.05) is 11.8 Å². The lowest BCUT2D eigenvalue weighted by Crippen LogP contribution is -2.42. The first-order chi connectivity index (χ1) is 16.3. The third kappa shape index (κ3) is 5.16. The van der Waals surface area contributed by atoms with Gasteiger partial charge in [-0.05, 0) is 55.3 Å². The average molecular weight is 447 g/mol. The Balaban J connectivity index is 1.14. The molecule has 3 aromatic rings. The molecular formula is C26H30N4O3. The van der Waals surface area contributed by atoms with Gasteiger partial charge in [0.1, 0.15) is 18.0 Å². The predicted molar refractivity (Wildman–Crippen MR) is 127 cm³/mol. The highest BCUT2D eigenvalue weighted by Gasteiger charge is 2.47. The Hall–Kier alpha value is -3.00. The van der Waals surface area contributed by atoms with Gasteiger partial charge in [-0.2, -0.15) is 0 Å². The van der Waals surface area contributed by atoms with E-state index in [0.717, 1.165) is 36.4 Å². The molecule has 0 bridgehead atoms. The van der Waals surface area contributed by atoms with Gasteiger partial charge >= 0.3 is 0 Å². The minimum Gasteiger partial charge on any atom is -0.497 e. The van der Waals surface area contributed by atoms with Crippen LogP contribution in [0.1, 0.15) is 12.0 Å². The highest BCUT2D eigenvalue weighted by Crippen LogP contribution is 2.29. The van der Waals surface area contributed by atoms with E-state index in [9.17, 15) is 0 Å². The van der Waals surface area contributed by atoms with Crippen LogP contribution in [-0.4, -0.2) is 61.1 Å².